The third-order valence-electron chi connectivity index (χ3n) is 5.66. The molecule has 3 rings (SSSR count). The molecule has 1 aromatic rings. The average Bonchev–Trinajstić information content (AvgIpc) is 3.18. The molecule has 2 fully saturated rings. The Balaban J connectivity index is 1.45. The minimum absolute atomic E-state index is 0.0382. The highest BCUT2D eigenvalue weighted by atomic mass is 16.6. The van der Waals surface area contributed by atoms with Crippen LogP contribution in [0, 0.1) is 0 Å². The number of piperazine rings is 1. The molecular formula is C23H33N5O6. The summed E-state index contributed by atoms with van der Waals surface area (Å²) in [4.78, 5) is 45.1. The van der Waals surface area contributed by atoms with Gasteiger partial charge in [0.2, 0.25) is 0 Å². The SMILES string of the molecule is COC(=O)N=C(N)c1ccc(N2CC(CN3CCN(CCC(=O)OC(C)C)CC3)OC2=O)cc1. The van der Waals surface area contributed by atoms with Gasteiger partial charge in [0.1, 0.15) is 11.9 Å². The zero-order valence-electron chi connectivity index (χ0n) is 19.9. The summed E-state index contributed by atoms with van der Waals surface area (Å²) in [5, 5.41) is 0. The summed E-state index contributed by atoms with van der Waals surface area (Å²) in [5.41, 5.74) is 7.03. The number of aliphatic imine (C=N–C) groups is 1. The van der Waals surface area contributed by atoms with Gasteiger partial charge in [-0.1, -0.05) is 0 Å². The monoisotopic (exact) mass is 475 g/mol. The number of cyclic esters (lactones) is 1. The van der Waals surface area contributed by atoms with Crippen LogP contribution in [0.15, 0.2) is 29.3 Å². The van der Waals surface area contributed by atoms with Crippen molar-refractivity contribution in [3.05, 3.63) is 29.8 Å². The van der Waals surface area contributed by atoms with E-state index in [2.05, 4.69) is 19.5 Å². The summed E-state index contributed by atoms with van der Waals surface area (Å²) in [7, 11) is 1.23. The highest BCUT2D eigenvalue weighted by molar-refractivity contribution is 6.03. The summed E-state index contributed by atoms with van der Waals surface area (Å²) >= 11 is 0. The van der Waals surface area contributed by atoms with Crippen molar-refractivity contribution in [3.63, 3.8) is 0 Å². The maximum Gasteiger partial charge on any atom is 0.435 e. The molecule has 0 aliphatic carbocycles. The topological polar surface area (TPSA) is 127 Å². The fourth-order valence-corrected chi connectivity index (χ4v) is 3.90. The number of methoxy groups -OCH3 is 1. The average molecular weight is 476 g/mol. The number of hydrogen-bond donors (Lipinski definition) is 1. The number of anilines is 1. The van der Waals surface area contributed by atoms with Crippen LogP contribution >= 0.6 is 0 Å². The van der Waals surface area contributed by atoms with Gasteiger partial charge in [-0.05, 0) is 38.1 Å². The van der Waals surface area contributed by atoms with Gasteiger partial charge < -0.3 is 24.8 Å². The third-order valence-corrected chi connectivity index (χ3v) is 5.66. The zero-order chi connectivity index (χ0) is 24.7. The van der Waals surface area contributed by atoms with E-state index in [0.29, 0.717) is 37.3 Å². The van der Waals surface area contributed by atoms with Gasteiger partial charge in [0.15, 0.2) is 0 Å². The molecule has 186 valence electrons. The zero-order valence-corrected chi connectivity index (χ0v) is 19.9. The van der Waals surface area contributed by atoms with Gasteiger partial charge in [-0.25, -0.2) is 9.59 Å². The molecule has 2 saturated heterocycles. The summed E-state index contributed by atoms with van der Waals surface area (Å²) in [6.07, 6.45) is -1.09. The van der Waals surface area contributed by atoms with Crippen LogP contribution in [-0.2, 0) is 19.0 Å². The van der Waals surface area contributed by atoms with Gasteiger partial charge in [-0.15, -0.1) is 0 Å². The van der Waals surface area contributed by atoms with Crippen molar-refractivity contribution < 1.29 is 28.6 Å². The third kappa shape index (κ3) is 7.16. The first kappa shape index (κ1) is 25.4. The summed E-state index contributed by atoms with van der Waals surface area (Å²) < 4.78 is 15.2. The molecule has 2 heterocycles. The summed E-state index contributed by atoms with van der Waals surface area (Å²) in [6.45, 7) is 8.90. The molecule has 1 atom stereocenters. The normalized spacial score (nSPS) is 19.9. The van der Waals surface area contributed by atoms with E-state index in [1.54, 1.807) is 29.2 Å². The lowest BCUT2D eigenvalue weighted by Gasteiger charge is -2.35. The van der Waals surface area contributed by atoms with Gasteiger partial charge in [0.25, 0.3) is 0 Å². The molecule has 2 amide bonds. The Hall–Kier alpha value is -3.18. The Morgan fingerprint density at radius 2 is 1.79 bits per heavy atom. The molecular weight excluding hydrogens is 442 g/mol. The lowest BCUT2D eigenvalue weighted by molar-refractivity contribution is -0.147. The van der Waals surface area contributed by atoms with Crippen molar-refractivity contribution in [2.75, 3.05) is 57.8 Å². The van der Waals surface area contributed by atoms with Crippen LogP contribution in [0.4, 0.5) is 15.3 Å². The largest absolute Gasteiger partial charge is 0.463 e. The maximum absolute atomic E-state index is 12.4. The van der Waals surface area contributed by atoms with Crippen molar-refractivity contribution in [2.24, 2.45) is 10.7 Å². The number of ether oxygens (including phenoxy) is 3. The van der Waals surface area contributed by atoms with Crippen LogP contribution in [0.5, 0.6) is 0 Å². The van der Waals surface area contributed by atoms with Gasteiger partial charge in [-0.2, -0.15) is 4.99 Å². The molecule has 0 aromatic heterocycles. The Morgan fingerprint density at radius 3 is 2.41 bits per heavy atom. The molecule has 2 N–H and O–H groups in total. The summed E-state index contributed by atoms with van der Waals surface area (Å²) in [5.74, 6) is -0.127. The van der Waals surface area contributed by atoms with Crippen molar-refractivity contribution in [1.82, 2.24) is 9.80 Å². The number of amides is 2. The Labute approximate surface area is 199 Å². The number of rotatable bonds is 8. The van der Waals surface area contributed by atoms with Crippen molar-refractivity contribution in [2.45, 2.75) is 32.5 Å². The fourth-order valence-electron chi connectivity index (χ4n) is 3.90. The second-order valence-electron chi connectivity index (χ2n) is 8.56. The van der Waals surface area contributed by atoms with E-state index in [1.807, 2.05) is 13.8 Å². The predicted molar refractivity (Wildman–Crippen MR) is 126 cm³/mol. The Kier molecular flexibility index (Phi) is 8.83. The number of nitrogens with two attached hydrogens (primary N) is 1. The minimum Gasteiger partial charge on any atom is -0.463 e. The van der Waals surface area contributed by atoms with Crippen LogP contribution in [0.3, 0.4) is 0 Å². The van der Waals surface area contributed by atoms with E-state index in [1.165, 1.54) is 7.11 Å². The van der Waals surface area contributed by atoms with Crippen LogP contribution in [-0.4, -0.2) is 98.9 Å². The quantitative estimate of drug-likeness (QED) is 0.257. The fraction of sp³-hybridized carbons (Fsp3) is 0.565. The second-order valence-corrected chi connectivity index (χ2v) is 8.56. The van der Waals surface area contributed by atoms with E-state index in [0.717, 1.165) is 26.2 Å². The Morgan fingerprint density at radius 1 is 1.15 bits per heavy atom. The molecule has 0 bridgehead atoms. The highest BCUT2D eigenvalue weighted by Gasteiger charge is 2.34. The number of esters is 1. The molecule has 1 aromatic carbocycles. The highest BCUT2D eigenvalue weighted by Crippen LogP contribution is 2.23. The van der Waals surface area contributed by atoms with Crippen LogP contribution < -0.4 is 10.6 Å². The smallest absolute Gasteiger partial charge is 0.435 e. The number of hydrogen-bond acceptors (Lipinski definition) is 8. The lowest BCUT2D eigenvalue weighted by atomic mass is 10.1. The minimum atomic E-state index is -0.776. The van der Waals surface area contributed by atoms with Gasteiger partial charge in [-0.3, -0.25) is 14.6 Å². The first-order valence-corrected chi connectivity index (χ1v) is 11.4. The molecule has 1 unspecified atom stereocenters. The second kappa shape index (κ2) is 11.8. The van der Waals surface area contributed by atoms with Gasteiger partial charge >= 0.3 is 18.2 Å². The van der Waals surface area contributed by atoms with Crippen molar-refractivity contribution in [1.29, 1.82) is 0 Å². The molecule has 2 aliphatic rings. The van der Waals surface area contributed by atoms with Crippen LogP contribution in [0.25, 0.3) is 0 Å². The van der Waals surface area contributed by atoms with E-state index in [-0.39, 0.29) is 24.0 Å². The van der Waals surface area contributed by atoms with E-state index in [4.69, 9.17) is 15.2 Å². The number of carbonyl (C=O) groups is 3. The van der Waals surface area contributed by atoms with E-state index < -0.39 is 12.2 Å². The molecule has 2 aliphatic heterocycles. The predicted octanol–water partition coefficient (Wildman–Crippen LogP) is 1.44. The number of nitrogens with zero attached hydrogens (tertiary/aromatic N) is 4. The van der Waals surface area contributed by atoms with E-state index >= 15 is 0 Å². The first-order valence-electron chi connectivity index (χ1n) is 11.4. The first-order chi connectivity index (χ1) is 16.2. The molecule has 0 saturated carbocycles. The summed E-state index contributed by atoms with van der Waals surface area (Å²) in [6, 6.07) is 6.85. The van der Waals surface area contributed by atoms with Crippen molar-refractivity contribution in [3.8, 4) is 0 Å². The number of carbonyl (C=O) groups excluding carboxylic acids is 3. The van der Waals surface area contributed by atoms with Crippen molar-refractivity contribution >= 4 is 29.7 Å². The van der Waals surface area contributed by atoms with Crippen LogP contribution in [0.2, 0.25) is 0 Å². The van der Waals surface area contributed by atoms with Crippen LogP contribution in [0.1, 0.15) is 25.8 Å². The lowest BCUT2D eigenvalue weighted by Crippen LogP contribution is -2.49. The molecule has 34 heavy (non-hydrogen) atoms. The molecule has 0 spiro atoms. The molecule has 11 heteroatoms. The van der Waals surface area contributed by atoms with Gasteiger partial charge in [0, 0.05) is 50.5 Å². The number of amidine groups is 1. The standard InChI is InChI=1S/C23H33N5O6/c1-16(2)33-20(29)8-9-26-10-12-27(13-11-26)14-19-15-28(23(31)34-19)18-6-4-17(5-7-18)21(24)25-22(30)32-3/h4-7,16,19H,8-15H2,1-3H3,(H2,24,25,30). The maximum atomic E-state index is 12.4. The number of benzene rings is 1. The van der Waals surface area contributed by atoms with E-state index in [9.17, 15) is 14.4 Å². The Bertz CT molecular complexity index is 896. The molecule has 11 nitrogen and oxygen atoms in total. The molecule has 0 radical (unpaired) electrons. The van der Waals surface area contributed by atoms with Gasteiger partial charge in [0.05, 0.1) is 26.2 Å².